The number of rotatable bonds is 4. The van der Waals surface area contributed by atoms with Gasteiger partial charge < -0.3 is 20.4 Å². The molecular formula is C24H32N8. The van der Waals surface area contributed by atoms with E-state index in [0.717, 1.165) is 68.5 Å². The molecule has 8 nitrogen and oxygen atoms in total. The number of nitrogens with two attached hydrogens (primary N) is 1. The van der Waals surface area contributed by atoms with E-state index in [0.29, 0.717) is 12.0 Å². The lowest BCUT2D eigenvalue weighted by Gasteiger charge is -2.38. The molecule has 2 aliphatic rings. The maximum Gasteiger partial charge on any atom is 0.223 e. The highest BCUT2D eigenvalue weighted by molar-refractivity contribution is 5.63. The molecule has 0 radical (unpaired) electrons. The molecule has 2 aliphatic heterocycles. The van der Waals surface area contributed by atoms with Crippen molar-refractivity contribution in [2.24, 2.45) is 7.05 Å². The third-order valence-electron chi connectivity index (χ3n) is 6.76. The van der Waals surface area contributed by atoms with Gasteiger partial charge in [-0.2, -0.15) is 15.1 Å². The van der Waals surface area contributed by atoms with Crippen LogP contribution in [0.15, 0.2) is 36.5 Å². The number of benzene rings is 1. The standard InChI is InChI=1S/C24H32N8/c1-4-20-14-17-5-6-18(21-7-8-30(3)28-21)13-19(17)16-32(20)23-15-22(26-24(25)27-23)31-11-9-29(2)10-12-31/h5-8,13,15,20H,4,9-12,14,16H2,1-3H3,(H2,25,26,27). The van der Waals surface area contributed by atoms with Crippen LogP contribution in [0.2, 0.25) is 0 Å². The van der Waals surface area contributed by atoms with Gasteiger partial charge in [0.2, 0.25) is 5.95 Å². The Morgan fingerprint density at radius 2 is 1.75 bits per heavy atom. The number of aromatic nitrogens is 4. The van der Waals surface area contributed by atoms with Crippen LogP contribution in [0.25, 0.3) is 11.3 Å². The monoisotopic (exact) mass is 432 g/mol. The van der Waals surface area contributed by atoms with Crippen LogP contribution in [-0.4, -0.2) is 63.9 Å². The van der Waals surface area contributed by atoms with Crippen LogP contribution in [0.1, 0.15) is 24.5 Å². The quantitative estimate of drug-likeness (QED) is 0.679. The van der Waals surface area contributed by atoms with Gasteiger partial charge in [-0.15, -0.1) is 0 Å². The largest absolute Gasteiger partial charge is 0.368 e. The molecular weight excluding hydrogens is 400 g/mol. The average molecular weight is 433 g/mol. The van der Waals surface area contributed by atoms with Gasteiger partial charge in [0.05, 0.1) is 5.69 Å². The molecule has 8 heteroatoms. The first kappa shape index (κ1) is 20.8. The molecule has 32 heavy (non-hydrogen) atoms. The third kappa shape index (κ3) is 4.02. The first-order valence-corrected chi connectivity index (χ1v) is 11.5. The molecule has 0 bridgehead atoms. The second-order valence-electron chi connectivity index (χ2n) is 8.99. The van der Waals surface area contributed by atoms with Gasteiger partial charge in [-0.05, 0) is 43.1 Å². The van der Waals surface area contributed by atoms with Crippen LogP contribution >= 0.6 is 0 Å². The van der Waals surface area contributed by atoms with E-state index in [1.54, 1.807) is 0 Å². The minimum absolute atomic E-state index is 0.347. The van der Waals surface area contributed by atoms with Crippen LogP contribution in [0.3, 0.4) is 0 Å². The highest BCUT2D eigenvalue weighted by Crippen LogP contribution is 2.33. The molecule has 0 amide bonds. The summed E-state index contributed by atoms with van der Waals surface area (Å²) in [5.41, 5.74) is 11.1. The minimum atomic E-state index is 0.347. The molecule has 168 valence electrons. The van der Waals surface area contributed by atoms with Crippen molar-refractivity contribution >= 4 is 17.6 Å². The van der Waals surface area contributed by atoms with Crippen LogP contribution in [0, 0.1) is 0 Å². The van der Waals surface area contributed by atoms with Gasteiger partial charge in [0.15, 0.2) is 0 Å². The lowest BCUT2D eigenvalue weighted by molar-refractivity contribution is 0.312. The van der Waals surface area contributed by atoms with Crippen LogP contribution < -0.4 is 15.5 Å². The van der Waals surface area contributed by atoms with Crippen molar-refractivity contribution in [3.8, 4) is 11.3 Å². The van der Waals surface area contributed by atoms with E-state index in [2.05, 4.69) is 74.1 Å². The fourth-order valence-corrected chi connectivity index (χ4v) is 4.79. The van der Waals surface area contributed by atoms with Crippen LogP contribution in [-0.2, 0) is 20.0 Å². The number of piperazine rings is 1. The van der Waals surface area contributed by atoms with Gasteiger partial charge in [-0.1, -0.05) is 19.1 Å². The van der Waals surface area contributed by atoms with Gasteiger partial charge >= 0.3 is 0 Å². The molecule has 0 spiro atoms. The molecule has 4 heterocycles. The zero-order chi connectivity index (χ0) is 22.2. The number of nitrogen functional groups attached to an aromatic ring is 1. The van der Waals surface area contributed by atoms with Crippen molar-refractivity contribution in [2.75, 3.05) is 48.8 Å². The third-order valence-corrected chi connectivity index (χ3v) is 6.76. The van der Waals surface area contributed by atoms with Gasteiger partial charge in [-0.25, -0.2) is 0 Å². The molecule has 3 aromatic rings. The zero-order valence-corrected chi connectivity index (χ0v) is 19.2. The summed E-state index contributed by atoms with van der Waals surface area (Å²) in [5, 5.41) is 4.58. The van der Waals surface area contributed by atoms with Gasteiger partial charge in [0, 0.05) is 63.6 Å². The summed E-state index contributed by atoms with van der Waals surface area (Å²) < 4.78 is 1.84. The predicted molar refractivity (Wildman–Crippen MR) is 129 cm³/mol. The normalized spacial score (nSPS) is 19.3. The van der Waals surface area contributed by atoms with E-state index in [1.165, 1.54) is 11.1 Å². The Balaban J connectivity index is 1.46. The lowest BCUT2D eigenvalue weighted by atomic mass is 9.91. The zero-order valence-electron chi connectivity index (χ0n) is 19.2. The maximum absolute atomic E-state index is 6.19. The number of anilines is 3. The van der Waals surface area contributed by atoms with Crippen LogP contribution in [0.5, 0.6) is 0 Å². The summed E-state index contributed by atoms with van der Waals surface area (Å²) in [4.78, 5) is 16.3. The topological polar surface area (TPSA) is 79.3 Å². The Kier molecular flexibility index (Phi) is 5.46. The van der Waals surface area contributed by atoms with E-state index in [1.807, 2.05) is 17.9 Å². The van der Waals surface area contributed by atoms with Crippen molar-refractivity contribution < 1.29 is 0 Å². The Morgan fingerprint density at radius 3 is 2.47 bits per heavy atom. The first-order chi connectivity index (χ1) is 15.5. The number of hydrogen-bond donors (Lipinski definition) is 1. The summed E-state index contributed by atoms with van der Waals surface area (Å²) in [5.74, 6) is 2.20. The number of aryl methyl sites for hydroxylation is 1. The number of nitrogens with zero attached hydrogens (tertiary/aromatic N) is 7. The van der Waals surface area contributed by atoms with E-state index in [4.69, 9.17) is 5.73 Å². The van der Waals surface area contributed by atoms with Gasteiger partial charge in [0.25, 0.3) is 0 Å². The van der Waals surface area contributed by atoms with Crippen molar-refractivity contribution in [1.29, 1.82) is 0 Å². The average Bonchev–Trinajstić information content (AvgIpc) is 3.24. The Morgan fingerprint density at radius 1 is 0.969 bits per heavy atom. The van der Waals surface area contributed by atoms with E-state index in [9.17, 15) is 0 Å². The van der Waals surface area contributed by atoms with Crippen molar-refractivity contribution in [3.05, 3.63) is 47.7 Å². The van der Waals surface area contributed by atoms with Gasteiger partial charge in [-0.3, -0.25) is 4.68 Å². The van der Waals surface area contributed by atoms with Crippen molar-refractivity contribution in [3.63, 3.8) is 0 Å². The van der Waals surface area contributed by atoms with Gasteiger partial charge in [0.1, 0.15) is 11.6 Å². The van der Waals surface area contributed by atoms with E-state index >= 15 is 0 Å². The molecule has 0 saturated carbocycles. The van der Waals surface area contributed by atoms with E-state index in [-0.39, 0.29) is 0 Å². The Bertz CT molecular complexity index is 1100. The fraction of sp³-hybridized carbons (Fsp3) is 0.458. The summed E-state index contributed by atoms with van der Waals surface area (Å²) in [6, 6.07) is 11.3. The number of hydrogen-bond acceptors (Lipinski definition) is 7. The second kappa shape index (κ2) is 8.43. The molecule has 1 unspecified atom stereocenters. The predicted octanol–water partition coefficient (Wildman–Crippen LogP) is 2.55. The van der Waals surface area contributed by atoms with E-state index < -0.39 is 0 Å². The minimum Gasteiger partial charge on any atom is -0.368 e. The lowest BCUT2D eigenvalue weighted by Crippen LogP contribution is -2.45. The molecule has 1 atom stereocenters. The highest BCUT2D eigenvalue weighted by Gasteiger charge is 2.28. The second-order valence-corrected chi connectivity index (χ2v) is 8.99. The molecule has 2 N–H and O–H groups in total. The summed E-state index contributed by atoms with van der Waals surface area (Å²) >= 11 is 0. The van der Waals surface area contributed by atoms with Crippen LogP contribution in [0.4, 0.5) is 17.6 Å². The first-order valence-electron chi connectivity index (χ1n) is 11.5. The molecule has 1 fully saturated rings. The summed E-state index contributed by atoms with van der Waals surface area (Å²) in [6.07, 6.45) is 4.04. The van der Waals surface area contributed by atoms with Crippen molar-refractivity contribution in [1.82, 2.24) is 24.6 Å². The molecule has 1 saturated heterocycles. The molecule has 0 aliphatic carbocycles. The maximum atomic E-state index is 6.19. The van der Waals surface area contributed by atoms with Crippen molar-refractivity contribution in [2.45, 2.75) is 32.4 Å². The summed E-state index contributed by atoms with van der Waals surface area (Å²) in [6.45, 7) is 7.04. The summed E-state index contributed by atoms with van der Waals surface area (Å²) in [7, 11) is 4.11. The smallest absolute Gasteiger partial charge is 0.223 e. The number of likely N-dealkylation sites (N-methyl/N-ethyl adjacent to an activating group) is 1. The number of fused-ring (bicyclic) bond motifs is 1. The highest BCUT2D eigenvalue weighted by atomic mass is 15.3. The Labute approximate surface area is 189 Å². The molecule has 5 rings (SSSR count). The fourth-order valence-electron chi connectivity index (χ4n) is 4.79. The SMILES string of the molecule is CCC1Cc2ccc(-c3ccn(C)n3)cc2CN1c1cc(N2CCN(C)CC2)nc(N)n1. The molecule has 1 aromatic carbocycles. The Hall–Kier alpha value is -3.13. The molecule has 2 aromatic heterocycles.